The summed E-state index contributed by atoms with van der Waals surface area (Å²) in [4.78, 5) is 13.9. The highest BCUT2D eigenvalue weighted by Gasteiger charge is 2.24. The summed E-state index contributed by atoms with van der Waals surface area (Å²) in [5.74, 6) is 0. The molecule has 4 nitrogen and oxygen atoms in total. The van der Waals surface area contributed by atoms with E-state index in [2.05, 4.69) is 49.8 Å². The van der Waals surface area contributed by atoms with Crippen LogP contribution in [0.15, 0.2) is 48.2 Å². The van der Waals surface area contributed by atoms with Gasteiger partial charge in [-0.2, -0.15) is 0 Å². The number of pyridine rings is 1. The number of aromatic nitrogens is 2. The Hall–Kier alpha value is -1.60. The molecule has 1 aliphatic rings. The van der Waals surface area contributed by atoms with Crippen molar-refractivity contribution in [3.8, 4) is 9.88 Å². The van der Waals surface area contributed by atoms with Crippen LogP contribution in [0.2, 0.25) is 0 Å². The zero-order valence-corrected chi connectivity index (χ0v) is 14.3. The molecular formula is C17H18N4S2. The monoisotopic (exact) mass is 342 g/mol. The van der Waals surface area contributed by atoms with E-state index < -0.39 is 0 Å². The van der Waals surface area contributed by atoms with Gasteiger partial charge >= 0.3 is 0 Å². The Morgan fingerprint density at radius 3 is 3.00 bits per heavy atom. The molecule has 0 bridgehead atoms. The second-order valence-corrected chi connectivity index (χ2v) is 7.64. The van der Waals surface area contributed by atoms with Crippen LogP contribution in [0.1, 0.15) is 16.5 Å². The van der Waals surface area contributed by atoms with Gasteiger partial charge in [0.15, 0.2) is 0 Å². The molecule has 4 rings (SSSR count). The van der Waals surface area contributed by atoms with Crippen molar-refractivity contribution < 1.29 is 0 Å². The van der Waals surface area contributed by atoms with Crippen LogP contribution in [0.4, 0.5) is 0 Å². The van der Waals surface area contributed by atoms with Crippen LogP contribution < -0.4 is 5.32 Å². The molecule has 0 aromatic carbocycles. The Morgan fingerprint density at radius 2 is 2.17 bits per heavy atom. The first-order valence-electron chi connectivity index (χ1n) is 7.73. The van der Waals surface area contributed by atoms with Crippen LogP contribution in [0, 0.1) is 0 Å². The first-order chi connectivity index (χ1) is 11.4. The fourth-order valence-corrected chi connectivity index (χ4v) is 4.69. The molecule has 1 unspecified atom stereocenters. The van der Waals surface area contributed by atoms with Gasteiger partial charge in [0, 0.05) is 55.7 Å². The largest absolute Gasteiger partial charge is 0.314 e. The third-order valence-electron chi connectivity index (χ3n) is 4.09. The number of hydrogen-bond donors (Lipinski definition) is 1. The maximum absolute atomic E-state index is 4.60. The first-order valence-corrected chi connectivity index (χ1v) is 9.43. The number of thiazole rings is 1. The molecule has 1 N–H and O–H groups in total. The second-order valence-electron chi connectivity index (χ2n) is 5.58. The Bertz CT molecular complexity index is 739. The third-order valence-corrected chi connectivity index (χ3v) is 6.11. The summed E-state index contributed by atoms with van der Waals surface area (Å²) < 4.78 is 0. The Labute approximate surface area is 143 Å². The fourth-order valence-electron chi connectivity index (χ4n) is 2.94. The van der Waals surface area contributed by atoms with E-state index >= 15 is 0 Å². The molecule has 3 aromatic heterocycles. The van der Waals surface area contributed by atoms with E-state index in [1.807, 2.05) is 18.6 Å². The topological polar surface area (TPSA) is 41.1 Å². The zero-order chi connectivity index (χ0) is 15.5. The van der Waals surface area contributed by atoms with Gasteiger partial charge in [-0.1, -0.05) is 6.07 Å². The van der Waals surface area contributed by atoms with Gasteiger partial charge in [-0.25, -0.2) is 4.98 Å². The van der Waals surface area contributed by atoms with Gasteiger partial charge < -0.3 is 5.32 Å². The van der Waals surface area contributed by atoms with E-state index in [1.165, 1.54) is 15.3 Å². The summed E-state index contributed by atoms with van der Waals surface area (Å²) >= 11 is 3.56. The Balaban J connectivity index is 1.52. The third kappa shape index (κ3) is 3.35. The minimum Gasteiger partial charge on any atom is -0.314 e. The molecule has 1 atom stereocenters. The first kappa shape index (κ1) is 15.0. The van der Waals surface area contributed by atoms with E-state index in [0.29, 0.717) is 6.04 Å². The predicted molar refractivity (Wildman–Crippen MR) is 95.7 cm³/mol. The number of piperazine rings is 1. The molecule has 23 heavy (non-hydrogen) atoms. The molecule has 4 heterocycles. The maximum Gasteiger partial charge on any atom is 0.133 e. The zero-order valence-electron chi connectivity index (χ0n) is 12.7. The van der Waals surface area contributed by atoms with E-state index in [4.69, 9.17) is 0 Å². The van der Waals surface area contributed by atoms with E-state index in [0.717, 1.165) is 31.2 Å². The quantitative estimate of drug-likeness (QED) is 0.789. The highest BCUT2D eigenvalue weighted by molar-refractivity contribution is 7.20. The second kappa shape index (κ2) is 6.88. The van der Waals surface area contributed by atoms with Crippen molar-refractivity contribution in [1.82, 2.24) is 20.2 Å². The van der Waals surface area contributed by atoms with Crippen LogP contribution in [0.5, 0.6) is 0 Å². The van der Waals surface area contributed by atoms with Gasteiger partial charge in [-0.3, -0.25) is 9.88 Å². The van der Waals surface area contributed by atoms with Crippen LogP contribution in [0.3, 0.4) is 0 Å². The molecule has 1 aliphatic heterocycles. The molecule has 0 saturated carbocycles. The van der Waals surface area contributed by atoms with Crippen LogP contribution >= 0.6 is 22.7 Å². The summed E-state index contributed by atoms with van der Waals surface area (Å²) in [6.07, 6.45) is 5.79. The number of thiophene rings is 1. The summed E-state index contributed by atoms with van der Waals surface area (Å²) in [6.45, 7) is 4.04. The lowest BCUT2D eigenvalue weighted by Gasteiger charge is -2.36. The number of nitrogens with zero attached hydrogens (tertiary/aromatic N) is 3. The van der Waals surface area contributed by atoms with Crippen LogP contribution in [0.25, 0.3) is 9.88 Å². The van der Waals surface area contributed by atoms with Crippen molar-refractivity contribution in [2.24, 2.45) is 0 Å². The lowest BCUT2D eigenvalue weighted by Crippen LogP contribution is -2.45. The minimum absolute atomic E-state index is 0.402. The minimum atomic E-state index is 0.402. The molecule has 0 spiro atoms. The summed E-state index contributed by atoms with van der Waals surface area (Å²) in [6, 6.07) is 8.86. The SMILES string of the molecule is c1csc(-c2ncc(CN3CCNCC3c3ccncc3)s2)c1. The summed E-state index contributed by atoms with van der Waals surface area (Å²) in [5.41, 5.74) is 1.33. The maximum atomic E-state index is 4.60. The van der Waals surface area contributed by atoms with Crippen molar-refractivity contribution in [2.45, 2.75) is 12.6 Å². The van der Waals surface area contributed by atoms with E-state index in [-0.39, 0.29) is 0 Å². The van der Waals surface area contributed by atoms with Gasteiger partial charge in [-0.05, 0) is 29.1 Å². The molecule has 1 fully saturated rings. The van der Waals surface area contributed by atoms with Crippen molar-refractivity contribution >= 4 is 22.7 Å². The van der Waals surface area contributed by atoms with Crippen molar-refractivity contribution in [1.29, 1.82) is 0 Å². The van der Waals surface area contributed by atoms with Crippen molar-refractivity contribution in [2.75, 3.05) is 19.6 Å². The van der Waals surface area contributed by atoms with Gasteiger partial charge in [0.2, 0.25) is 0 Å². The predicted octanol–water partition coefficient (Wildman–Crippen LogP) is 3.41. The van der Waals surface area contributed by atoms with Crippen LogP contribution in [-0.4, -0.2) is 34.5 Å². The van der Waals surface area contributed by atoms with Gasteiger partial charge in [0.05, 0.1) is 4.88 Å². The number of rotatable bonds is 4. The lowest BCUT2D eigenvalue weighted by molar-refractivity contribution is 0.155. The lowest BCUT2D eigenvalue weighted by atomic mass is 10.0. The van der Waals surface area contributed by atoms with Crippen molar-refractivity contribution in [3.05, 3.63) is 58.7 Å². The number of nitrogens with one attached hydrogen (secondary N) is 1. The standard InChI is InChI=1S/C17H18N4S2/c1-2-16(22-9-1)17-20-10-14(23-17)12-21-8-7-19-11-15(21)13-3-5-18-6-4-13/h1-6,9-10,15,19H,7-8,11-12H2. The Morgan fingerprint density at radius 1 is 1.26 bits per heavy atom. The average Bonchev–Trinajstić information content (AvgIpc) is 3.27. The van der Waals surface area contributed by atoms with E-state index in [9.17, 15) is 0 Å². The molecule has 118 valence electrons. The van der Waals surface area contributed by atoms with Crippen LogP contribution in [-0.2, 0) is 6.54 Å². The van der Waals surface area contributed by atoms with Gasteiger partial charge in [0.25, 0.3) is 0 Å². The summed E-state index contributed by atoms with van der Waals surface area (Å²) in [5, 5.41) is 6.74. The summed E-state index contributed by atoms with van der Waals surface area (Å²) in [7, 11) is 0. The average molecular weight is 342 g/mol. The Kier molecular flexibility index (Phi) is 4.48. The highest BCUT2D eigenvalue weighted by Crippen LogP contribution is 2.31. The molecule has 6 heteroatoms. The van der Waals surface area contributed by atoms with Crippen molar-refractivity contribution in [3.63, 3.8) is 0 Å². The van der Waals surface area contributed by atoms with Gasteiger partial charge in [0.1, 0.15) is 5.01 Å². The van der Waals surface area contributed by atoms with E-state index in [1.54, 1.807) is 22.7 Å². The molecule has 1 saturated heterocycles. The number of hydrogen-bond acceptors (Lipinski definition) is 6. The fraction of sp³-hybridized carbons (Fsp3) is 0.294. The molecule has 3 aromatic rings. The normalized spacial score (nSPS) is 19.0. The van der Waals surface area contributed by atoms with Gasteiger partial charge in [-0.15, -0.1) is 22.7 Å². The highest BCUT2D eigenvalue weighted by atomic mass is 32.1. The molecular weight excluding hydrogens is 324 g/mol. The molecule has 0 amide bonds. The molecule has 0 radical (unpaired) electrons. The molecule has 0 aliphatic carbocycles. The smallest absolute Gasteiger partial charge is 0.133 e.